The van der Waals surface area contributed by atoms with Gasteiger partial charge in [-0.15, -0.1) is 0 Å². The van der Waals surface area contributed by atoms with Crippen LogP contribution in [0.15, 0.2) is 54.6 Å². The van der Waals surface area contributed by atoms with Gasteiger partial charge in [-0.1, -0.05) is 36.4 Å². The van der Waals surface area contributed by atoms with Gasteiger partial charge in [0.25, 0.3) is 5.69 Å². The lowest BCUT2D eigenvalue weighted by Gasteiger charge is -2.24. The van der Waals surface area contributed by atoms with Gasteiger partial charge in [0.05, 0.1) is 10.5 Å². The number of nitro groups is 1. The van der Waals surface area contributed by atoms with Crippen molar-refractivity contribution in [1.82, 2.24) is 5.32 Å². The molecule has 0 bridgehead atoms. The molecule has 0 heterocycles. The van der Waals surface area contributed by atoms with Crippen LogP contribution in [0.5, 0.6) is 0 Å². The lowest BCUT2D eigenvalue weighted by Crippen LogP contribution is -2.32. The Bertz CT molecular complexity index is 688. The van der Waals surface area contributed by atoms with E-state index in [2.05, 4.69) is 5.32 Å². The van der Waals surface area contributed by atoms with Crippen molar-refractivity contribution in [1.29, 1.82) is 0 Å². The molecule has 0 aromatic heterocycles. The second kappa shape index (κ2) is 7.51. The molecule has 0 saturated carbocycles. The average Bonchev–Trinajstić information content (AvgIpc) is 2.59. The number of rotatable bonds is 6. The summed E-state index contributed by atoms with van der Waals surface area (Å²) >= 11 is 0. The van der Waals surface area contributed by atoms with E-state index in [0.717, 1.165) is 5.56 Å². The number of ether oxygens (including phenoxy) is 1. The molecule has 120 valence electrons. The summed E-state index contributed by atoms with van der Waals surface area (Å²) in [6.07, 6.45) is -0.493. The minimum atomic E-state index is -0.593. The minimum Gasteiger partial charge on any atom is -0.452 e. The zero-order chi connectivity index (χ0) is 16.8. The zero-order valence-corrected chi connectivity index (χ0v) is 12.9. The van der Waals surface area contributed by atoms with Gasteiger partial charge in [0.1, 0.15) is 6.10 Å². The molecule has 0 unspecified atom stereocenters. The van der Waals surface area contributed by atoms with Crippen LogP contribution in [0.1, 0.15) is 28.9 Å². The molecule has 0 aliphatic rings. The Morgan fingerprint density at radius 1 is 1.17 bits per heavy atom. The molecule has 2 atom stereocenters. The number of benzene rings is 2. The summed E-state index contributed by atoms with van der Waals surface area (Å²) in [5, 5.41) is 13.9. The Labute approximate surface area is 134 Å². The van der Waals surface area contributed by atoms with E-state index >= 15 is 0 Å². The van der Waals surface area contributed by atoms with Gasteiger partial charge in [-0.3, -0.25) is 10.1 Å². The molecule has 2 rings (SSSR count). The average molecular weight is 314 g/mol. The van der Waals surface area contributed by atoms with Gasteiger partial charge in [-0.05, 0) is 25.6 Å². The van der Waals surface area contributed by atoms with Crippen LogP contribution in [0.25, 0.3) is 0 Å². The fourth-order valence-electron chi connectivity index (χ4n) is 2.18. The lowest BCUT2D eigenvalue weighted by atomic mass is 10.0. The van der Waals surface area contributed by atoms with Crippen molar-refractivity contribution >= 4 is 11.7 Å². The Kier molecular flexibility index (Phi) is 5.43. The number of likely N-dealkylation sites (N-methyl/N-ethyl adjacent to an activating group) is 1. The lowest BCUT2D eigenvalue weighted by molar-refractivity contribution is -0.384. The molecule has 2 aromatic rings. The van der Waals surface area contributed by atoms with Gasteiger partial charge in [-0.25, -0.2) is 4.79 Å². The highest BCUT2D eigenvalue weighted by molar-refractivity contribution is 5.90. The summed E-state index contributed by atoms with van der Waals surface area (Å²) in [5.41, 5.74) is 0.869. The molecule has 0 fully saturated rings. The largest absolute Gasteiger partial charge is 0.452 e. The number of nitrogens with zero attached hydrogens (tertiary/aromatic N) is 1. The maximum absolute atomic E-state index is 12.4. The number of hydrogen-bond donors (Lipinski definition) is 1. The van der Waals surface area contributed by atoms with Crippen LogP contribution in [0.2, 0.25) is 0 Å². The van der Waals surface area contributed by atoms with E-state index in [1.807, 2.05) is 37.3 Å². The molecule has 0 saturated heterocycles. The van der Waals surface area contributed by atoms with Gasteiger partial charge in [0.2, 0.25) is 0 Å². The second-order valence-electron chi connectivity index (χ2n) is 5.12. The van der Waals surface area contributed by atoms with Crippen LogP contribution in [-0.4, -0.2) is 24.0 Å². The molecule has 0 aliphatic carbocycles. The van der Waals surface area contributed by atoms with E-state index in [4.69, 9.17) is 4.74 Å². The molecule has 0 aliphatic heterocycles. The van der Waals surface area contributed by atoms with Gasteiger partial charge in [-0.2, -0.15) is 0 Å². The van der Waals surface area contributed by atoms with E-state index < -0.39 is 17.0 Å². The SMILES string of the molecule is CN[C@H](C)[C@@H](OC(=O)c1cccc([N+](=O)[O-])c1)c1ccccc1. The first-order valence-electron chi connectivity index (χ1n) is 7.20. The molecule has 1 N–H and O–H groups in total. The number of nitro benzene ring substituents is 1. The number of nitrogens with one attached hydrogen (secondary N) is 1. The zero-order valence-electron chi connectivity index (χ0n) is 12.9. The highest BCUT2D eigenvalue weighted by atomic mass is 16.6. The van der Waals surface area contributed by atoms with Crippen molar-refractivity contribution in [2.75, 3.05) is 7.05 Å². The first-order chi connectivity index (χ1) is 11.0. The van der Waals surface area contributed by atoms with Crippen LogP contribution in [0.4, 0.5) is 5.69 Å². The van der Waals surface area contributed by atoms with E-state index in [1.54, 1.807) is 7.05 Å². The molecular weight excluding hydrogens is 296 g/mol. The molecule has 0 spiro atoms. The number of carbonyl (C=O) groups excluding carboxylic acids is 1. The summed E-state index contributed by atoms with van der Waals surface area (Å²) < 4.78 is 5.59. The van der Waals surface area contributed by atoms with Crippen LogP contribution >= 0.6 is 0 Å². The Balaban J connectivity index is 2.24. The number of esters is 1. The van der Waals surface area contributed by atoms with Crippen LogP contribution in [0.3, 0.4) is 0 Å². The quantitative estimate of drug-likeness (QED) is 0.503. The third-order valence-electron chi connectivity index (χ3n) is 3.56. The molecular formula is C17H18N2O4. The van der Waals surface area contributed by atoms with E-state index in [9.17, 15) is 14.9 Å². The predicted molar refractivity (Wildman–Crippen MR) is 86.2 cm³/mol. The van der Waals surface area contributed by atoms with Crippen LogP contribution < -0.4 is 5.32 Å². The number of non-ortho nitro benzene ring substituents is 1. The van der Waals surface area contributed by atoms with Gasteiger partial charge in [0, 0.05) is 18.2 Å². The molecule has 2 aromatic carbocycles. The predicted octanol–water partition coefficient (Wildman–Crippen LogP) is 3.10. The van der Waals surface area contributed by atoms with Crippen molar-refractivity contribution in [3.63, 3.8) is 0 Å². The van der Waals surface area contributed by atoms with Crippen molar-refractivity contribution in [2.45, 2.75) is 19.1 Å². The third-order valence-corrected chi connectivity index (χ3v) is 3.56. The fourth-order valence-corrected chi connectivity index (χ4v) is 2.18. The van der Waals surface area contributed by atoms with E-state index in [-0.39, 0.29) is 17.3 Å². The molecule has 6 heteroatoms. The standard InChI is InChI=1S/C17H18N2O4/c1-12(18-2)16(13-7-4-3-5-8-13)23-17(20)14-9-6-10-15(11-14)19(21)22/h3-12,16,18H,1-2H3/t12-,16-/m1/s1. The number of carbonyl (C=O) groups is 1. The third kappa shape index (κ3) is 4.14. The van der Waals surface area contributed by atoms with Crippen molar-refractivity contribution in [2.24, 2.45) is 0 Å². The topological polar surface area (TPSA) is 81.5 Å². The maximum Gasteiger partial charge on any atom is 0.339 e. The van der Waals surface area contributed by atoms with Crippen molar-refractivity contribution < 1.29 is 14.5 Å². The summed E-state index contributed by atoms with van der Waals surface area (Å²) in [5.74, 6) is -0.593. The molecule has 23 heavy (non-hydrogen) atoms. The van der Waals surface area contributed by atoms with Crippen LogP contribution in [-0.2, 0) is 4.74 Å². The Hall–Kier alpha value is -2.73. The minimum absolute atomic E-state index is 0.111. The summed E-state index contributed by atoms with van der Waals surface area (Å²) in [6, 6.07) is 14.8. The highest BCUT2D eigenvalue weighted by Crippen LogP contribution is 2.23. The molecule has 0 amide bonds. The summed E-state index contributed by atoms with van der Waals surface area (Å²) in [7, 11) is 1.78. The number of hydrogen-bond acceptors (Lipinski definition) is 5. The fraction of sp³-hybridized carbons (Fsp3) is 0.235. The van der Waals surface area contributed by atoms with Gasteiger partial charge in [0.15, 0.2) is 0 Å². The van der Waals surface area contributed by atoms with Gasteiger partial charge < -0.3 is 10.1 Å². The first kappa shape index (κ1) is 16.6. The van der Waals surface area contributed by atoms with E-state index in [0.29, 0.717) is 0 Å². The van der Waals surface area contributed by atoms with Crippen LogP contribution in [0, 0.1) is 10.1 Å². The maximum atomic E-state index is 12.4. The van der Waals surface area contributed by atoms with Crippen molar-refractivity contribution in [3.05, 3.63) is 75.8 Å². The van der Waals surface area contributed by atoms with E-state index in [1.165, 1.54) is 24.3 Å². The summed E-state index contributed by atoms with van der Waals surface area (Å²) in [4.78, 5) is 22.6. The van der Waals surface area contributed by atoms with Gasteiger partial charge >= 0.3 is 5.97 Å². The molecule has 0 radical (unpaired) electrons. The second-order valence-corrected chi connectivity index (χ2v) is 5.12. The smallest absolute Gasteiger partial charge is 0.339 e. The Morgan fingerprint density at radius 3 is 2.48 bits per heavy atom. The molecule has 6 nitrogen and oxygen atoms in total. The first-order valence-corrected chi connectivity index (χ1v) is 7.20. The monoisotopic (exact) mass is 314 g/mol. The van der Waals surface area contributed by atoms with Crippen molar-refractivity contribution in [3.8, 4) is 0 Å². The normalized spacial score (nSPS) is 13.1. The summed E-state index contributed by atoms with van der Waals surface area (Å²) in [6.45, 7) is 1.90. The Morgan fingerprint density at radius 2 is 1.87 bits per heavy atom. The highest BCUT2D eigenvalue weighted by Gasteiger charge is 2.23.